The van der Waals surface area contributed by atoms with E-state index < -0.39 is 5.91 Å². The van der Waals surface area contributed by atoms with E-state index in [2.05, 4.69) is 31.6 Å². The molecule has 0 atom stereocenters. The van der Waals surface area contributed by atoms with Gasteiger partial charge < -0.3 is 9.47 Å². The first-order valence-corrected chi connectivity index (χ1v) is 9.21. The van der Waals surface area contributed by atoms with Crippen molar-refractivity contribution in [1.82, 2.24) is 15.2 Å². The molecule has 0 fully saturated rings. The number of methoxy groups -OCH3 is 2. The van der Waals surface area contributed by atoms with Crippen molar-refractivity contribution in [2.45, 2.75) is 6.54 Å². The van der Waals surface area contributed by atoms with Crippen molar-refractivity contribution in [3.8, 4) is 11.5 Å². The van der Waals surface area contributed by atoms with Crippen LogP contribution in [0.4, 0.5) is 0 Å². The molecule has 0 aliphatic rings. The lowest BCUT2D eigenvalue weighted by Crippen LogP contribution is -2.18. The van der Waals surface area contributed by atoms with Gasteiger partial charge >= 0.3 is 0 Å². The molecular formula is C20H19BrN4O3. The molecule has 7 nitrogen and oxygen atoms in total. The number of amides is 1. The quantitative estimate of drug-likeness (QED) is 0.448. The van der Waals surface area contributed by atoms with E-state index >= 15 is 0 Å². The zero-order valence-electron chi connectivity index (χ0n) is 15.4. The van der Waals surface area contributed by atoms with Gasteiger partial charge in [0.1, 0.15) is 11.5 Å². The molecule has 8 heteroatoms. The van der Waals surface area contributed by atoms with Crippen LogP contribution in [-0.4, -0.2) is 36.1 Å². The van der Waals surface area contributed by atoms with Gasteiger partial charge in [-0.15, -0.1) is 0 Å². The van der Waals surface area contributed by atoms with Gasteiger partial charge in [0.2, 0.25) is 0 Å². The van der Waals surface area contributed by atoms with Gasteiger partial charge in [0.15, 0.2) is 5.69 Å². The Labute approximate surface area is 171 Å². The predicted molar refractivity (Wildman–Crippen MR) is 110 cm³/mol. The molecule has 0 spiro atoms. The third kappa shape index (κ3) is 4.98. The SMILES string of the molecule is COc1ccc(/C=N/NC(=O)c2ccn(Cc3cccc(Br)c3)n2)c(OC)c1. The monoisotopic (exact) mass is 442 g/mol. The van der Waals surface area contributed by atoms with Crippen molar-refractivity contribution in [2.75, 3.05) is 14.2 Å². The minimum Gasteiger partial charge on any atom is -0.497 e. The Bertz CT molecular complexity index is 1000. The van der Waals surface area contributed by atoms with E-state index in [-0.39, 0.29) is 5.69 Å². The van der Waals surface area contributed by atoms with Crippen LogP contribution in [0.25, 0.3) is 0 Å². The van der Waals surface area contributed by atoms with Crippen LogP contribution in [0, 0.1) is 0 Å². The van der Waals surface area contributed by atoms with Gasteiger partial charge in [-0.1, -0.05) is 28.1 Å². The normalized spacial score (nSPS) is 10.8. The minimum atomic E-state index is -0.392. The summed E-state index contributed by atoms with van der Waals surface area (Å²) < 4.78 is 13.2. The van der Waals surface area contributed by atoms with E-state index in [9.17, 15) is 4.79 Å². The molecule has 2 aromatic carbocycles. The van der Waals surface area contributed by atoms with Crippen LogP contribution in [0.1, 0.15) is 21.6 Å². The Balaban J connectivity index is 1.62. The smallest absolute Gasteiger partial charge is 0.291 e. The van der Waals surface area contributed by atoms with Crippen LogP contribution in [0.15, 0.2) is 64.3 Å². The number of hydrogen-bond acceptors (Lipinski definition) is 5. The van der Waals surface area contributed by atoms with Crippen molar-refractivity contribution in [3.63, 3.8) is 0 Å². The first-order valence-electron chi connectivity index (χ1n) is 8.42. The second-order valence-electron chi connectivity index (χ2n) is 5.84. The second kappa shape index (κ2) is 9.18. The molecule has 1 aromatic heterocycles. The van der Waals surface area contributed by atoms with Crippen LogP contribution in [0.5, 0.6) is 11.5 Å². The highest BCUT2D eigenvalue weighted by atomic mass is 79.9. The molecule has 0 bridgehead atoms. The number of nitrogens with zero attached hydrogens (tertiary/aromatic N) is 3. The number of carbonyl (C=O) groups is 1. The van der Waals surface area contributed by atoms with E-state index in [1.54, 1.807) is 49.4 Å². The molecule has 0 aliphatic carbocycles. The molecule has 0 saturated carbocycles. The van der Waals surface area contributed by atoms with Gasteiger partial charge in [-0.05, 0) is 35.9 Å². The minimum absolute atomic E-state index is 0.286. The average molecular weight is 443 g/mol. The molecule has 1 N–H and O–H groups in total. The highest BCUT2D eigenvalue weighted by molar-refractivity contribution is 9.10. The summed E-state index contributed by atoms with van der Waals surface area (Å²) in [5.74, 6) is 0.876. The Morgan fingerprint density at radius 2 is 2.07 bits per heavy atom. The van der Waals surface area contributed by atoms with E-state index in [0.29, 0.717) is 23.6 Å². The lowest BCUT2D eigenvalue weighted by Gasteiger charge is -2.06. The number of rotatable bonds is 7. The summed E-state index contributed by atoms with van der Waals surface area (Å²) in [7, 11) is 3.14. The fourth-order valence-corrected chi connectivity index (χ4v) is 2.98. The van der Waals surface area contributed by atoms with Gasteiger partial charge in [0.25, 0.3) is 5.91 Å². The van der Waals surface area contributed by atoms with Crippen molar-refractivity contribution < 1.29 is 14.3 Å². The number of carbonyl (C=O) groups excluding carboxylic acids is 1. The maximum Gasteiger partial charge on any atom is 0.291 e. The first-order chi connectivity index (χ1) is 13.6. The van der Waals surface area contributed by atoms with E-state index in [1.165, 1.54) is 6.21 Å². The molecule has 1 amide bonds. The van der Waals surface area contributed by atoms with Crippen LogP contribution >= 0.6 is 15.9 Å². The molecule has 3 rings (SSSR count). The van der Waals surface area contributed by atoms with Crippen LogP contribution in [0.2, 0.25) is 0 Å². The van der Waals surface area contributed by atoms with Crippen LogP contribution in [0.3, 0.4) is 0 Å². The Kier molecular flexibility index (Phi) is 6.44. The van der Waals surface area contributed by atoms with Crippen molar-refractivity contribution in [1.29, 1.82) is 0 Å². The fourth-order valence-electron chi connectivity index (χ4n) is 2.54. The third-order valence-electron chi connectivity index (χ3n) is 3.92. The van der Waals surface area contributed by atoms with Crippen molar-refractivity contribution in [2.24, 2.45) is 5.10 Å². The summed E-state index contributed by atoms with van der Waals surface area (Å²) in [6.07, 6.45) is 3.26. The molecule has 0 saturated heterocycles. The van der Waals surface area contributed by atoms with Gasteiger partial charge in [-0.3, -0.25) is 9.48 Å². The Morgan fingerprint density at radius 3 is 2.82 bits per heavy atom. The van der Waals surface area contributed by atoms with E-state index in [4.69, 9.17) is 9.47 Å². The number of benzene rings is 2. The van der Waals surface area contributed by atoms with Gasteiger partial charge in [0, 0.05) is 22.3 Å². The molecular weight excluding hydrogens is 424 g/mol. The average Bonchev–Trinajstić information content (AvgIpc) is 3.16. The predicted octanol–water partition coefficient (Wildman–Crippen LogP) is 3.48. The number of hydrogen-bond donors (Lipinski definition) is 1. The summed E-state index contributed by atoms with van der Waals surface area (Å²) in [4.78, 5) is 12.3. The second-order valence-corrected chi connectivity index (χ2v) is 6.75. The Morgan fingerprint density at radius 1 is 1.21 bits per heavy atom. The Hall–Kier alpha value is -3.13. The standard InChI is InChI=1S/C20H19BrN4O3/c1-27-17-7-6-15(19(11-17)28-2)12-22-23-20(26)18-8-9-25(24-18)13-14-4-3-5-16(21)10-14/h3-12H,13H2,1-2H3,(H,23,26)/b22-12+. The number of hydrazone groups is 1. The summed E-state index contributed by atoms with van der Waals surface area (Å²) in [5.41, 5.74) is 4.55. The highest BCUT2D eigenvalue weighted by Crippen LogP contribution is 2.23. The van der Waals surface area contributed by atoms with Gasteiger partial charge in [-0.2, -0.15) is 10.2 Å². The van der Waals surface area contributed by atoms with Crippen LogP contribution in [-0.2, 0) is 6.54 Å². The van der Waals surface area contributed by atoms with Crippen molar-refractivity contribution >= 4 is 28.1 Å². The largest absolute Gasteiger partial charge is 0.497 e. The molecule has 0 aliphatic heterocycles. The highest BCUT2D eigenvalue weighted by Gasteiger charge is 2.09. The maximum atomic E-state index is 12.3. The summed E-state index contributed by atoms with van der Waals surface area (Å²) in [6, 6.07) is 14.9. The van der Waals surface area contributed by atoms with Gasteiger partial charge in [0.05, 0.1) is 27.0 Å². The molecule has 28 heavy (non-hydrogen) atoms. The summed E-state index contributed by atoms with van der Waals surface area (Å²) >= 11 is 3.44. The fraction of sp³-hybridized carbons (Fsp3) is 0.150. The molecule has 1 heterocycles. The number of halogens is 1. The third-order valence-corrected chi connectivity index (χ3v) is 4.41. The summed E-state index contributed by atoms with van der Waals surface area (Å²) in [6.45, 7) is 0.568. The first kappa shape index (κ1) is 19.6. The molecule has 144 valence electrons. The number of nitrogens with one attached hydrogen (secondary N) is 1. The van der Waals surface area contributed by atoms with Gasteiger partial charge in [-0.25, -0.2) is 5.43 Å². The number of ether oxygens (including phenoxy) is 2. The lowest BCUT2D eigenvalue weighted by atomic mass is 10.2. The summed E-state index contributed by atoms with van der Waals surface area (Å²) in [5, 5.41) is 8.28. The maximum absolute atomic E-state index is 12.3. The zero-order valence-corrected chi connectivity index (χ0v) is 17.0. The topological polar surface area (TPSA) is 77.7 Å². The lowest BCUT2D eigenvalue weighted by molar-refractivity contribution is 0.0949. The van der Waals surface area contributed by atoms with E-state index in [0.717, 1.165) is 10.0 Å². The molecule has 0 radical (unpaired) electrons. The van der Waals surface area contributed by atoms with E-state index in [1.807, 2.05) is 24.3 Å². The van der Waals surface area contributed by atoms with Crippen LogP contribution < -0.4 is 14.9 Å². The van der Waals surface area contributed by atoms with Crippen molar-refractivity contribution in [3.05, 3.63) is 76.0 Å². The number of aromatic nitrogens is 2. The molecule has 0 unspecified atom stereocenters. The zero-order chi connectivity index (χ0) is 19.9. The molecule has 3 aromatic rings.